The largest absolute Gasteiger partial charge is 0.480 e. The average molecular weight is 512 g/mol. The lowest BCUT2D eigenvalue weighted by atomic mass is 9.98. The number of aromatic nitrogens is 1. The number of nitrogens with zero attached hydrogens (tertiary/aromatic N) is 2. The highest BCUT2D eigenvalue weighted by Crippen LogP contribution is 2.44. The number of rotatable bonds is 7. The molecule has 2 aliphatic rings. The molecule has 1 aliphatic carbocycles. The first-order valence-electron chi connectivity index (χ1n) is 11.8. The maximum absolute atomic E-state index is 12.6. The van der Waals surface area contributed by atoms with E-state index in [1.807, 2.05) is 36.4 Å². The number of carboxylic acids is 1. The Balaban J connectivity index is 1.23. The summed E-state index contributed by atoms with van der Waals surface area (Å²) in [6.07, 6.45) is 2.69. The van der Waals surface area contributed by atoms with Gasteiger partial charge in [-0.05, 0) is 41.5 Å². The molecule has 0 bridgehead atoms. The minimum Gasteiger partial charge on any atom is -0.480 e. The van der Waals surface area contributed by atoms with Crippen molar-refractivity contribution in [1.82, 2.24) is 10.3 Å². The standard InChI is InChI=1S/C26H26ClN3O4S/c27-23-22(35-25(29-23)30-12-6-1-7-13-30)14-21(24(31)32)28-26(33)34-15-20-18-10-4-2-8-16(18)17-9-3-5-11-19(17)20/h2-5,8-11,20-21H,1,6-7,12-15H2,(H,28,33)(H,31,32). The fourth-order valence-corrected chi connectivity index (χ4v) is 6.21. The summed E-state index contributed by atoms with van der Waals surface area (Å²) in [5, 5.41) is 13.3. The van der Waals surface area contributed by atoms with E-state index in [1.165, 1.54) is 17.8 Å². The normalized spacial score (nSPS) is 15.9. The number of fused-ring (bicyclic) bond motifs is 3. The first-order chi connectivity index (χ1) is 17.0. The monoisotopic (exact) mass is 511 g/mol. The molecule has 1 atom stereocenters. The first-order valence-corrected chi connectivity index (χ1v) is 12.9. The Kier molecular flexibility index (Phi) is 6.92. The maximum Gasteiger partial charge on any atom is 0.407 e. The number of amides is 1. The number of piperidine rings is 1. The van der Waals surface area contributed by atoms with Crippen molar-refractivity contribution in [2.24, 2.45) is 0 Å². The third-order valence-electron chi connectivity index (χ3n) is 6.59. The van der Waals surface area contributed by atoms with Gasteiger partial charge in [0.1, 0.15) is 17.8 Å². The molecule has 2 heterocycles. The van der Waals surface area contributed by atoms with Crippen molar-refractivity contribution < 1.29 is 19.4 Å². The van der Waals surface area contributed by atoms with E-state index in [1.54, 1.807) is 0 Å². The smallest absolute Gasteiger partial charge is 0.407 e. The van der Waals surface area contributed by atoms with Crippen LogP contribution in [0.15, 0.2) is 48.5 Å². The number of benzene rings is 2. The molecule has 1 fully saturated rings. The number of carboxylic acid groups (broad SMARTS) is 1. The molecule has 0 spiro atoms. The van der Waals surface area contributed by atoms with Crippen molar-refractivity contribution >= 4 is 40.1 Å². The van der Waals surface area contributed by atoms with Crippen LogP contribution in [0.5, 0.6) is 0 Å². The zero-order chi connectivity index (χ0) is 24.4. The van der Waals surface area contributed by atoms with Crippen molar-refractivity contribution in [3.63, 3.8) is 0 Å². The number of nitrogens with one attached hydrogen (secondary N) is 1. The predicted molar refractivity (Wildman–Crippen MR) is 137 cm³/mol. The summed E-state index contributed by atoms with van der Waals surface area (Å²) >= 11 is 7.71. The lowest BCUT2D eigenvalue weighted by molar-refractivity contribution is -0.139. The average Bonchev–Trinajstić information content (AvgIpc) is 3.40. The van der Waals surface area contributed by atoms with E-state index in [9.17, 15) is 14.7 Å². The highest BCUT2D eigenvalue weighted by Gasteiger charge is 2.30. The van der Waals surface area contributed by atoms with Crippen molar-refractivity contribution in [2.75, 3.05) is 24.6 Å². The van der Waals surface area contributed by atoms with Gasteiger partial charge in [-0.15, -0.1) is 11.3 Å². The maximum atomic E-state index is 12.6. The highest BCUT2D eigenvalue weighted by atomic mass is 35.5. The summed E-state index contributed by atoms with van der Waals surface area (Å²) < 4.78 is 5.52. The zero-order valence-electron chi connectivity index (χ0n) is 19.1. The van der Waals surface area contributed by atoms with Gasteiger partial charge in [0.2, 0.25) is 0 Å². The third-order valence-corrected chi connectivity index (χ3v) is 8.15. The molecule has 1 aliphatic heterocycles. The van der Waals surface area contributed by atoms with Gasteiger partial charge in [0.05, 0.1) is 0 Å². The Hall–Kier alpha value is -3.10. The molecule has 2 aromatic carbocycles. The summed E-state index contributed by atoms with van der Waals surface area (Å²) in [4.78, 5) is 31.8. The van der Waals surface area contributed by atoms with Crippen molar-refractivity contribution in [3.8, 4) is 11.1 Å². The molecular formula is C26H26ClN3O4S. The molecule has 5 rings (SSSR count). The molecule has 1 unspecified atom stereocenters. The SMILES string of the molecule is O=C(NC(Cc1sc(N2CCCCC2)nc1Cl)C(=O)O)OCC1c2ccccc2-c2ccccc21. The van der Waals surface area contributed by atoms with Gasteiger partial charge in [-0.2, -0.15) is 0 Å². The van der Waals surface area contributed by atoms with Crippen molar-refractivity contribution in [1.29, 1.82) is 0 Å². The quantitative estimate of drug-likeness (QED) is 0.446. The number of aliphatic carboxylic acids is 1. The molecular weight excluding hydrogens is 486 g/mol. The fraction of sp³-hybridized carbons (Fsp3) is 0.346. The Morgan fingerprint density at radius 1 is 1.09 bits per heavy atom. The lowest BCUT2D eigenvalue weighted by Gasteiger charge is -2.25. The van der Waals surface area contributed by atoms with Crippen molar-refractivity contribution in [2.45, 2.75) is 37.6 Å². The van der Waals surface area contributed by atoms with Gasteiger partial charge in [-0.1, -0.05) is 60.1 Å². The van der Waals surface area contributed by atoms with E-state index in [-0.39, 0.29) is 24.1 Å². The van der Waals surface area contributed by atoms with Crippen LogP contribution in [-0.4, -0.2) is 47.9 Å². The topological polar surface area (TPSA) is 91.8 Å². The van der Waals surface area contributed by atoms with Crippen molar-refractivity contribution in [3.05, 3.63) is 69.7 Å². The van der Waals surface area contributed by atoms with Crippen LogP contribution >= 0.6 is 22.9 Å². The van der Waals surface area contributed by atoms with Crippen LogP contribution in [0.25, 0.3) is 11.1 Å². The number of hydrogen-bond acceptors (Lipinski definition) is 6. The van der Waals surface area contributed by atoms with E-state index in [4.69, 9.17) is 16.3 Å². The molecule has 1 amide bonds. The number of carbonyl (C=O) groups is 2. The van der Waals surface area contributed by atoms with Gasteiger partial charge in [0.15, 0.2) is 5.13 Å². The lowest BCUT2D eigenvalue weighted by Crippen LogP contribution is -2.42. The zero-order valence-corrected chi connectivity index (χ0v) is 20.6. The van der Waals surface area contributed by atoms with Gasteiger partial charge < -0.3 is 20.1 Å². The highest BCUT2D eigenvalue weighted by molar-refractivity contribution is 7.16. The van der Waals surface area contributed by atoms with Crippen LogP contribution in [0.4, 0.5) is 9.93 Å². The summed E-state index contributed by atoms with van der Waals surface area (Å²) in [6.45, 7) is 1.96. The molecule has 182 valence electrons. The van der Waals surface area contributed by atoms with E-state index in [0.717, 1.165) is 53.3 Å². The number of thiazole rings is 1. The Labute approximate surface area is 212 Å². The minimum atomic E-state index is -1.17. The van der Waals surface area contributed by atoms with E-state index < -0.39 is 18.1 Å². The summed E-state index contributed by atoms with van der Waals surface area (Å²) in [6, 6.07) is 14.9. The second-order valence-corrected chi connectivity index (χ2v) is 10.2. The van der Waals surface area contributed by atoms with Crippen LogP contribution < -0.4 is 10.2 Å². The molecule has 1 aromatic heterocycles. The number of ether oxygens (including phenoxy) is 1. The predicted octanol–water partition coefficient (Wildman–Crippen LogP) is 5.32. The number of anilines is 1. The van der Waals surface area contributed by atoms with Crippen LogP contribution in [0, 0.1) is 0 Å². The number of carbonyl (C=O) groups excluding carboxylic acids is 1. The summed E-state index contributed by atoms with van der Waals surface area (Å²) in [7, 11) is 0. The summed E-state index contributed by atoms with van der Waals surface area (Å²) in [5.74, 6) is -1.25. The summed E-state index contributed by atoms with van der Waals surface area (Å²) in [5.41, 5.74) is 4.45. The number of alkyl carbamates (subject to hydrolysis) is 1. The second-order valence-electron chi connectivity index (χ2n) is 8.82. The molecule has 0 saturated carbocycles. The molecule has 2 N–H and O–H groups in total. The van der Waals surface area contributed by atoms with Crippen LogP contribution in [0.2, 0.25) is 5.15 Å². The minimum absolute atomic E-state index is 0.0455. The Morgan fingerprint density at radius 3 is 2.34 bits per heavy atom. The van der Waals surface area contributed by atoms with Crippen LogP contribution in [-0.2, 0) is 16.0 Å². The second kappa shape index (κ2) is 10.3. The molecule has 9 heteroatoms. The third kappa shape index (κ3) is 4.99. The molecule has 0 radical (unpaired) electrons. The van der Waals surface area contributed by atoms with Gasteiger partial charge in [0.25, 0.3) is 0 Å². The van der Waals surface area contributed by atoms with Crippen LogP contribution in [0.3, 0.4) is 0 Å². The van der Waals surface area contributed by atoms with E-state index >= 15 is 0 Å². The fourth-order valence-electron chi connectivity index (χ4n) is 4.84. The Morgan fingerprint density at radius 2 is 1.71 bits per heavy atom. The van der Waals surface area contributed by atoms with E-state index in [0.29, 0.717) is 4.88 Å². The van der Waals surface area contributed by atoms with E-state index in [2.05, 4.69) is 27.3 Å². The first kappa shape index (κ1) is 23.6. The van der Waals surface area contributed by atoms with Gasteiger partial charge in [-0.3, -0.25) is 0 Å². The molecule has 3 aromatic rings. The Bertz CT molecular complexity index is 1200. The molecule has 7 nitrogen and oxygen atoms in total. The molecule has 35 heavy (non-hydrogen) atoms. The number of hydrogen-bond donors (Lipinski definition) is 2. The van der Waals surface area contributed by atoms with Crippen LogP contribution in [0.1, 0.15) is 41.2 Å². The van der Waals surface area contributed by atoms with Gasteiger partial charge in [0, 0.05) is 30.3 Å². The number of halogens is 1. The van der Waals surface area contributed by atoms with Gasteiger partial charge >= 0.3 is 12.1 Å². The van der Waals surface area contributed by atoms with Gasteiger partial charge in [-0.25, -0.2) is 14.6 Å². The molecule has 1 saturated heterocycles.